The Morgan fingerprint density at radius 1 is 0.857 bits per heavy atom. The molecule has 10 heteroatoms. The van der Waals surface area contributed by atoms with E-state index in [1.165, 1.54) is 0 Å². The van der Waals surface area contributed by atoms with Crippen molar-refractivity contribution in [3.8, 4) is 0 Å². The molecule has 0 aliphatic carbocycles. The quantitative estimate of drug-likeness (QED) is 0.313. The minimum Gasteiger partial charge on any atom is -0.449 e. The normalized spacial score (nSPS) is 20.2. The Morgan fingerprint density at radius 3 is 1.83 bits per heavy atom. The summed E-state index contributed by atoms with van der Waals surface area (Å²) in [6.07, 6.45) is -4.34. The fraction of sp³-hybridized carbons (Fsp3) is 0.440. The molecule has 1 heterocycles. The van der Waals surface area contributed by atoms with E-state index in [9.17, 15) is 14.2 Å². The molecule has 0 N–H and O–H groups in total. The van der Waals surface area contributed by atoms with Crippen LogP contribution in [0.25, 0.3) is 0 Å². The van der Waals surface area contributed by atoms with Gasteiger partial charge in [-0.15, -0.1) is 0 Å². The van der Waals surface area contributed by atoms with Crippen molar-refractivity contribution in [2.24, 2.45) is 0 Å². The number of hydrogen-bond donors (Lipinski definition) is 0. The second-order valence-corrected chi connectivity index (χ2v) is 10.4. The van der Waals surface area contributed by atoms with Crippen molar-refractivity contribution in [2.75, 3.05) is 13.0 Å². The van der Waals surface area contributed by atoms with E-state index in [2.05, 4.69) is 0 Å². The zero-order chi connectivity index (χ0) is 25.4. The maximum atomic E-state index is 13.2. The molecule has 0 spiro atoms. The van der Waals surface area contributed by atoms with Crippen molar-refractivity contribution < 1.29 is 42.1 Å². The molecule has 35 heavy (non-hydrogen) atoms. The summed E-state index contributed by atoms with van der Waals surface area (Å²) >= 11 is 0. The van der Waals surface area contributed by atoms with Crippen LogP contribution in [0.15, 0.2) is 60.7 Å². The van der Waals surface area contributed by atoms with Crippen LogP contribution in [0.1, 0.15) is 48.4 Å². The fourth-order valence-corrected chi connectivity index (χ4v) is 5.19. The van der Waals surface area contributed by atoms with Crippen molar-refractivity contribution in [3.05, 3.63) is 71.8 Å². The van der Waals surface area contributed by atoms with Gasteiger partial charge in [-0.3, -0.25) is 4.57 Å². The zero-order valence-corrected chi connectivity index (χ0v) is 21.1. The maximum Gasteiger partial charge on any atom is 0.356 e. The van der Waals surface area contributed by atoms with Gasteiger partial charge in [-0.25, -0.2) is 9.59 Å². The van der Waals surface area contributed by atoms with Gasteiger partial charge in [0.15, 0.2) is 6.10 Å². The van der Waals surface area contributed by atoms with Crippen molar-refractivity contribution in [3.63, 3.8) is 0 Å². The van der Waals surface area contributed by atoms with Crippen LogP contribution in [0.5, 0.6) is 0 Å². The molecule has 1 fully saturated rings. The predicted octanol–water partition coefficient (Wildman–Crippen LogP) is 4.81. The molecular weight excluding hydrogens is 475 g/mol. The first-order valence-electron chi connectivity index (χ1n) is 11.4. The number of carbonyl (C=O) groups is 2. The number of benzene rings is 2. The van der Waals surface area contributed by atoms with Crippen molar-refractivity contribution in [1.82, 2.24) is 0 Å². The molecule has 1 saturated heterocycles. The van der Waals surface area contributed by atoms with E-state index in [1.807, 2.05) is 0 Å². The number of carbonyl (C=O) groups excluding carboxylic acids is 2. The molecule has 1 aliphatic heterocycles. The molecule has 0 radical (unpaired) electrons. The van der Waals surface area contributed by atoms with E-state index in [0.29, 0.717) is 11.1 Å². The Bertz CT molecular complexity index is 996. The van der Waals surface area contributed by atoms with Crippen LogP contribution in [0.4, 0.5) is 0 Å². The van der Waals surface area contributed by atoms with Crippen LogP contribution in [0, 0.1) is 0 Å². The van der Waals surface area contributed by atoms with Crippen molar-refractivity contribution in [1.29, 1.82) is 0 Å². The SMILES string of the molecule is CC(C)OP(=O)(CO[C@H]1CO[C@H](OC(=O)c2ccccc2)[C@@H]1OC(=O)c1ccccc1)OC(C)C. The number of esters is 2. The van der Waals surface area contributed by atoms with Crippen LogP contribution in [-0.4, -0.2) is 55.6 Å². The van der Waals surface area contributed by atoms with E-state index < -0.39 is 44.4 Å². The van der Waals surface area contributed by atoms with E-state index in [-0.39, 0.29) is 18.8 Å². The van der Waals surface area contributed by atoms with Gasteiger partial charge in [0.2, 0.25) is 6.29 Å². The topological polar surface area (TPSA) is 107 Å². The molecule has 0 amide bonds. The monoisotopic (exact) mass is 506 g/mol. The van der Waals surface area contributed by atoms with Crippen LogP contribution < -0.4 is 0 Å². The van der Waals surface area contributed by atoms with Gasteiger partial charge in [-0.1, -0.05) is 36.4 Å². The lowest BCUT2D eigenvalue weighted by molar-refractivity contribution is -0.126. The van der Waals surface area contributed by atoms with Gasteiger partial charge in [-0.2, -0.15) is 0 Å². The summed E-state index contributed by atoms with van der Waals surface area (Å²) in [4.78, 5) is 25.4. The number of ether oxygens (including phenoxy) is 4. The highest BCUT2D eigenvalue weighted by Crippen LogP contribution is 2.51. The Balaban J connectivity index is 1.76. The van der Waals surface area contributed by atoms with Crippen molar-refractivity contribution in [2.45, 2.75) is 58.4 Å². The molecule has 1 aliphatic rings. The van der Waals surface area contributed by atoms with Gasteiger partial charge >= 0.3 is 19.5 Å². The smallest absolute Gasteiger partial charge is 0.356 e. The molecule has 0 saturated carbocycles. The fourth-order valence-electron chi connectivity index (χ4n) is 3.36. The van der Waals surface area contributed by atoms with E-state index in [4.69, 9.17) is 28.0 Å². The molecule has 0 unspecified atom stereocenters. The first-order valence-corrected chi connectivity index (χ1v) is 13.1. The summed E-state index contributed by atoms with van der Waals surface area (Å²) in [6.45, 7) is 6.87. The molecule has 3 rings (SSSR count). The summed E-state index contributed by atoms with van der Waals surface area (Å²) in [5.41, 5.74) is 0.622. The van der Waals surface area contributed by atoms with Gasteiger partial charge in [0.05, 0.1) is 29.9 Å². The van der Waals surface area contributed by atoms with Gasteiger partial charge in [0, 0.05) is 0 Å². The van der Waals surface area contributed by atoms with Crippen LogP contribution in [-0.2, 0) is 32.6 Å². The average Bonchev–Trinajstić information content (AvgIpc) is 3.18. The Hall–Kier alpha value is -2.55. The molecule has 0 aromatic heterocycles. The summed E-state index contributed by atoms with van der Waals surface area (Å²) in [5.74, 6) is -1.29. The standard InChI is InChI=1S/C25H31O9P/c1-17(2)33-35(28,34-18(3)4)16-30-21-15-29-25(32-24(27)20-13-9-6-10-14-20)22(21)31-23(26)19-11-7-5-8-12-19/h5-14,17-18,21-22,25H,15-16H2,1-4H3/t21-,22+,25+/m0/s1. The highest BCUT2D eigenvalue weighted by Gasteiger charge is 2.45. The minimum atomic E-state index is -3.62. The Kier molecular flexibility index (Phi) is 9.60. The third-order valence-corrected chi connectivity index (χ3v) is 6.69. The maximum absolute atomic E-state index is 13.2. The van der Waals surface area contributed by atoms with Crippen molar-refractivity contribution >= 4 is 19.5 Å². The lowest BCUT2D eigenvalue weighted by atomic mass is 10.2. The average molecular weight is 506 g/mol. The molecule has 3 atom stereocenters. The first kappa shape index (κ1) is 27.0. The van der Waals surface area contributed by atoms with Gasteiger partial charge in [-0.05, 0) is 52.0 Å². The second kappa shape index (κ2) is 12.4. The molecular formula is C25H31O9P. The van der Waals surface area contributed by atoms with E-state index >= 15 is 0 Å². The third-order valence-electron chi connectivity index (χ3n) is 4.73. The highest BCUT2D eigenvalue weighted by molar-refractivity contribution is 7.53. The summed E-state index contributed by atoms with van der Waals surface area (Å²) in [5, 5.41) is 0. The molecule has 0 bridgehead atoms. The van der Waals surface area contributed by atoms with Gasteiger partial charge in [0.1, 0.15) is 12.5 Å². The lowest BCUT2D eigenvalue weighted by Crippen LogP contribution is -2.39. The molecule has 190 valence electrons. The second-order valence-electron chi connectivity index (χ2n) is 8.46. The summed E-state index contributed by atoms with van der Waals surface area (Å²) in [6, 6.07) is 16.7. The lowest BCUT2D eigenvalue weighted by Gasteiger charge is -2.26. The van der Waals surface area contributed by atoms with Gasteiger partial charge in [0.25, 0.3) is 0 Å². The van der Waals surface area contributed by atoms with Crippen LogP contribution >= 0.6 is 7.60 Å². The zero-order valence-electron chi connectivity index (χ0n) is 20.2. The highest BCUT2D eigenvalue weighted by atomic mass is 31.2. The number of rotatable bonds is 11. The number of hydrogen-bond acceptors (Lipinski definition) is 9. The van der Waals surface area contributed by atoms with E-state index in [0.717, 1.165) is 0 Å². The van der Waals surface area contributed by atoms with Crippen LogP contribution in [0.3, 0.4) is 0 Å². The minimum absolute atomic E-state index is 0.0666. The first-order chi connectivity index (χ1) is 16.7. The Labute approximate surface area is 205 Å². The largest absolute Gasteiger partial charge is 0.449 e. The third kappa shape index (κ3) is 7.98. The summed E-state index contributed by atoms with van der Waals surface area (Å²) < 4.78 is 46.8. The van der Waals surface area contributed by atoms with Gasteiger partial charge < -0.3 is 28.0 Å². The van der Waals surface area contributed by atoms with E-state index in [1.54, 1.807) is 88.4 Å². The molecule has 2 aromatic rings. The molecule has 9 nitrogen and oxygen atoms in total. The Morgan fingerprint density at radius 2 is 1.34 bits per heavy atom. The van der Waals surface area contributed by atoms with Crippen LogP contribution in [0.2, 0.25) is 0 Å². The predicted molar refractivity (Wildman–Crippen MR) is 127 cm³/mol. The molecule has 2 aromatic carbocycles. The summed E-state index contributed by atoms with van der Waals surface area (Å²) in [7, 11) is -3.62.